The standard InChI is InChI=1S/C35H29ClN4O2S/c1-2-21-42-30-17-13-25(14-18-30)34-26(23-39(38-34)28-9-5-3-6-10-28)22-32-33(24-43-31-19-15-27(36)16-20-31)37-40(35(32)41)29-11-7-4-8-12-29/h3-20,22-23H,2,21,24H2,1H3/b32-22-. The number of anilines is 1. The van der Waals surface area contributed by atoms with E-state index in [1.54, 1.807) is 11.8 Å². The van der Waals surface area contributed by atoms with Crippen LogP contribution in [0.3, 0.4) is 0 Å². The lowest BCUT2D eigenvalue weighted by molar-refractivity contribution is -0.114. The zero-order chi connectivity index (χ0) is 29.6. The minimum Gasteiger partial charge on any atom is -0.494 e. The van der Waals surface area contributed by atoms with Gasteiger partial charge in [-0.05, 0) is 85.3 Å². The van der Waals surface area contributed by atoms with Crippen molar-refractivity contribution in [2.45, 2.75) is 18.2 Å². The summed E-state index contributed by atoms with van der Waals surface area (Å²) in [5.74, 6) is 1.14. The Morgan fingerprint density at radius 2 is 1.53 bits per heavy atom. The fourth-order valence-electron chi connectivity index (χ4n) is 4.65. The molecule has 0 fully saturated rings. The van der Waals surface area contributed by atoms with Crippen molar-refractivity contribution in [1.29, 1.82) is 0 Å². The highest BCUT2D eigenvalue weighted by atomic mass is 35.5. The van der Waals surface area contributed by atoms with Gasteiger partial charge in [0, 0.05) is 33.0 Å². The molecule has 0 N–H and O–H groups in total. The lowest BCUT2D eigenvalue weighted by atomic mass is 10.0. The molecule has 1 aliphatic heterocycles. The van der Waals surface area contributed by atoms with Crippen LogP contribution in [-0.4, -0.2) is 33.8 Å². The van der Waals surface area contributed by atoms with Crippen molar-refractivity contribution < 1.29 is 9.53 Å². The number of hydrogen-bond donors (Lipinski definition) is 0. The molecule has 0 saturated carbocycles. The topological polar surface area (TPSA) is 59.7 Å². The first-order valence-corrected chi connectivity index (χ1v) is 15.4. The van der Waals surface area contributed by atoms with Crippen LogP contribution in [0.2, 0.25) is 5.02 Å². The molecule has 8 heteroatoms. The first-order valence-electron chi connectivity index (χ1n) is 14.0. The normalized spacial score (nSPS) is 13.9. The van der Waals surface area contributed by atoms with Crippen LogP contribution in [0.25, 0.3) is 23.0 Å². The number of carbonyl (C=O) groups excluding carboxylic acids is 1. The number of hydrogen-bond acceptors (Lipinski definition) is 5. The predicted molar refractivity (Wildman–Crippen MR) is 176 cm³/mol. The number of benzene rings is 4. The van der Waals surface area contributed by atoms with Crippen LogP contribution >= 0.6 is 23.4 Å². The number of ether oxygens (including phenoxy) is 1. The van der Waals surface area contributed by atoms with Gasteiger partial charge in [-0.3, -0.25) is 4.79 Å². The van der Waals surface area contributed by atoms with Crippen molar-refractivity contribution in [3.05, 3.63) is 132 Å². The van der Waals surface area contributed by atoms with Gasteiger partial charge in [-0.2, -0.15) is 15.2 Å². The van der Waals surface area contributed by atoms with E-state index in [1.807, 2.05) is 126 Å². The Hall–Kier alpha value is -4.59. The van der Waals surface area contributed by atoms with E-state index in [1.165, 1.54) is 5.01 Å². The first kappa shape index (κ1) is 28.5. The summed E-state index contributed by atoms with van der Waals surface area (Å²) in [5.41, 5.74) is 5.35. The highest BCUT2D eigenvalue weighted by molar-refractivity contribution is 8.00. The first-order chi connectivity index (χ1) is 21.1. The van der Waals surface area contributed by atoms with Crippen LogP contribution in [0, 0.1) is 0 Å². The third-order valence-corrected chi connectivity index (χ3v) is 8.08. The fourth-order valence-corrected chi connectivity index (χ4v) is 5.62. The van der Waals surface area contributed by atoms with Gasteiger partial charge in [0.15, 0.2) is 0 Å². The molecule has 5 aromatic rings. The SMILES string of the molecule is CCCOc1ccc(-c2nn(-c3ccccc3)cc2/C=C2\C(=O)N(c3ccccc3)N=C2CSc2ccc(Cl)cc2)cc1. The Morgan fingerprint density at radius 1 is 0.860 bits per heavy atom. The lowest BCUT2D eigenvalue weighted by Gasteiger charge is -2.11. The summed E-state index contributed by atoms with van der Waals surface area (Å²) >= 11 is 7.70. The number of para-hydroxylation sites is 2. The second kappa shape index (κ2) is 13.2. The molecule has 0 saturated heterocycles. The van der Waals surface area contributed by atoms with Gasteiger partial charge in [-0.1, -0.05) is 54.9 Å². The number of aromatic nitrogens is 2. The summed E-state index contributed by atoms with van der Waals surface area (Å²) in [6, 6.07) is 35.0. The van der Waals surface area contributed by atoms with Crippen LogP contribution in [-0.2, 0) is 4.79 Å². The minimum absolute atomic E-state index is 0.181. The van der Waals surface area contributed by atoms with Gasteiger partial charge in [0.05, 0.1) is 35.0 Å². The highest BCUT2D eigenvalue weighted by Gasteiger charge is 2.31. The van der Waals surface area contributed by atoms with Crippen molar-refractivity contribution in [3.8, 4) is 22.7 Å². The van der Waals surface area contributed by atoms with E-state index in [9.17, 15) is 4.79 Å². The predicted octanol–water partition coefficient (Wildman–Crippen LogP) is 8.56. The number of halogens is 1. The number of amides is 1. The molecule has 1 aliphatic rings. The van der Waals surface area contributed by atoms with Crippen LogP contribution < -0.4 is 9.75 Å². The molecule has 0 spiro atoms. The third-order valence-electron chi connectivity index (χ3n) is 6.81. The Morgan fingerprint density at radius 3 is 2.21 bits per heavy atom. The van der Waals surface area contributed by atoms with Crippen LogP contribution in [0.4, 0.5) is 5.69 Å². The van der Waals surface area contributed by atoms with E-state index in [4.69, 9.17) is 26.5 Å². The van der Waals surface area contributed by atoms with Crippen LogP contribution in [0.5, 0.6) is 5.75 Å². The number of hydrazone groups is 1. The molecule has 4 aromatic carbocycles. The second-order valence-corrected chi connectivity index (χ2v) is 11.4. The summed E-state index contributed by atoms with van der Waals surface area (Å²) in [7, 11) is 0. The van der Waals surface area contributed by atoms with Gasteiger partial charge < -0.3 is 4.74 Å². The van der Waals surface area contributed by atoms with Gasteiger partial charge >= 0.3 is 0 Å². The van der Waals surface area contributed by atoms with Crippen LogP contribution in [0.1, 0.15) is 18.9 Å². The molecule has 0 unspecified atom stereocenters. The zero-order valence-electron chi connectivity index (χ0n) is 23.6. The number of thioether (sulfide) groups is 1. The maximum Gasteiger partial charge on any atom is 0.280 e. The van der Waals surface area contributed by atoms with Crippen molar-refractivity contribution in [2.24, 2.45) is 5.10 Å². The maximum absolute atomic E-state index is 13.9. The van der Waals surface area contributed by atoms with Crippen molar-refractivity contribution in [2.75, 3.05) is 17.4 Å². The van der Waals surface area contributed by atoms with Gasteiger partial charge in [0.2, 0.25) is 0 Å². The fraction of sp³-hybridized carbons (Fsp3) is 0.114. The molecule has 2 heterocycles. The second-order valence-electron chi connectivity index (χ2n) is 9.89. The molecule has 0 bridgehead atoms. The summed E-state index contributed by atoms with van der Waals surface area (Å²) in [6.45, 7) is 2.74. The molecule has 43 heavy (non-hydrogen) atoms. The lowest BCUT2D eigenvalue weighted by Crippen LogP contribution is -2.21. The quantitative estimate of drug-likeness (QED) is 0.118. The van der Waals surface area contributed by atoms with Gasteiger partial charge in [-0.25, -0.2) is 4.68 Å². The third kappa shape index (κ3) is 6.58. The minimum atomic E-state index is -0.181. The van der Waals surface area contributed by atoms with E-state index in [-0.39, 0.29) is 5.91 Å². The van der Waals surface area contributed by atoms with E-state index < -0.39 is 0 Å². The molecule has 1 amide bonds. The largest absolute Gasteiger partial charge is 0.494 e. The monoisotopic (exact) mass is 604 g/mol. The molecule has 0 aliphatic carbocycles. The molecule has 6 rings (SSSR count). The Bertz CT molecular complexity index is 1770. The van der Waals surface area contributed by atoms with Crippen molar-refractivity contribution >= 4 is 46.7 Å². The van der Waals surface area contributed by atoms with E-state index in [0.29, 0.717) is 34.4 Å². The van der Waals surface area contributed by atoms with E-state index in [2.05, 4.69) is 6.92 Å². The Kier molecular flexibility index (Phi) is 8.72. The average molecular weight is 605 g/mol. The molecule has 1 aromatic heterocycles. The van der Waals surface area contributed by atoms with Crippen molar-refractivity contribution in [3.63, 3.8) is 0 Å². The summed E-state index contributed by atoms with van der Waals surface area (Å²) in [6.07, 6.45) is 4.81. The number of nitrogens with zero attached hydrogens (tertiary/aromatic N) is 4. The van der Waals surface area contributed by atoms with E-state index >= 15 is 0 Å². The molecule has 214 valence electrons. The Labute approximate surface area is 260 Å². The van der Waals surface area contributed by atoms with Gasteiger partial charge in [0.25, 0.3) is 5.91 Å². The van der Waals surface area contributed by atoms with Gasteiger partial charge in [-0.15, -0.1) is 11.8 Å². The van der Waals surface area contributed by atoms with Crippen molar-refractivity contribution in [1.82, 2.24) is 9.78 Å². The van der Waals surface area contributed by atoms with Crippen LogP contribution in [0.15, 0.2) is 131 Å². The Balaban J connectivity index is 1.41. The molecule has 0 radical (unpaired) electrons. The summed E-state index contributed by atoms with van der Waals surface area (Å²) in [4.78, 5) is 15.0. The maximum atomic E-state index is 13.9. The molecular formula is C35H29ClN4O2S. The smallest absolute Gasteiger partial charge is 0.280 e. The number of carbonyl (C=O) groups is 1. The van der Waals surface area contributed by atoms with Gasteiger partial charge in [0.1, 0.15) is 5.75 Å². The van der Waals surface area contributed by atoms with E-state index in [0.717, 1.165) is 39.6 Å². The summed E-state index contributed by atoms with van der Waals surface area (Å²) in [5, 5.41) is 11.9. The molecule has 6 nitrogen and oxygen atoms in total. The molecule has 0 atom stereocenters. The summed E-state index contributed by atoms with van der Waals surface area (Å²) < 4.78 is 7.64. The average Bonchev–Trinajstić information content (AvgIpc) is 3.62. The number of rotatable bonds is 10. The molecular weight excluding hydrogens is 576 g/mol. The highest BCUT2D eigenvalue weighted by Crippen LogP contribution is 2.32. The zero-order valence-corrected chi connectivity index (χ0v) is 25.1.